The Balaban J connectivity index is 2.11. The van der Waals surface area contributed by atoms with E-state index in [0.29, 0.717) is 6.54 Å². The van der Waals surface area contributed by atoms with Crippen molar-refractivity contribution in [3.8, 4) is 0 Å². The average molecular weight is 203 g/mol. The van der Waals surface area contributed by atoms with Gasteiger partial charge in [0, 0.05) is 31.9 Å². The third-order valence-corrected chi connectivity index (χ3v) is 2.15. The molecule has 0 saturated carbocycles. The predicted molar refractivity (Wildman–Crippen MR) is 55.4 cm³/mol. The molecule has 2 heterocycles. The fourth-order valence-electron chi connectivity index (χ4n) is 1.30. The molecular weight excluding hydrogens is 190 g/mol. The van der Waals surface area contributed by atoms with Gasteiger partial charge in [-0.3, -0.25) is 0 Å². The second-order valence-corrected chi connectivity index (χ2v) is 3.50. The number of pyridine rings is 1. The second-order valence-electron chi connectivity index (χ2n) is 3.50. The van der Waals surface area contributed by atoms with Gasteiger partial charge in [0.25, 0.3) is 0 Å². The monoisotopic (exact) mass is 203 g/mol. The molecule has 0 bridgehead atoms. The SMILES string of the molecule is CN(C)c1cc[n+](Cc2nnc[n-]2)cc1. The molecule has 0 N–H and O–H groups in total. The zero-order valence-corrected chi connectivity index (χ0v) is 8.83. The first kappa shape index (κ1) is 9.64. The summed E-state index contributed by atoms with van der Waals surface area (Å²) < 4.78 is 2.02. The van der Waals surface area contributed by atoms with E-state index in [-0.39, 0.29) is 0 Å². The number of aromatic nitrogens is 4. The van der Waals surface area contributed by atoms with Crippen LogP contribution < -0.4 is 14.5 Å². The number of rotatable bonds is 3. The maximum atomic E-state index is 4.02. The van der Waals surface area contributed by atoms with E-state index >= 15 is 0 Å². The second kappa shape index (κ2) is 4.08. The van der Waals surface area contributed by atoms with E-state index in [1.807, 2.05) is 31.1 Å². The molecule has 5 nitrogen and oxygen atoms in total. The average Bonchev–Trinajstić information content (AvgIpc) is 2.71. The Bertz CT molecular complexity index is 404. The van der Waals surface area contributed by atoms with Crippen molar-refractivity contribution >= 4 is 5.69 Å². The molecule has 15 heavy (non-hydrogen) atoms. The molecule has 0 aliphatic carbocycles. The van der Waals surface area contributed by atoms with Crippen LogP contribution in [0.4, 0.5) is 5.69 Å². The molecule has 0 amide bonds. The Kier molecular flexibility index (Phi) is 2.62. The summed E-state index contributed by atoms with van der Waals surface area (Å²) in [6, 6.07) is 4.10. The predicted octanol–water partition coefficient (Wildman–Crippen LogP) is -0.164. The van der Waals surface area contributed by atoms with E-state index in [0.717, 1.165) is 5.82 Å². The third-order valence-electron chi connectivity index (χ3n) is 2.15. The van der Waals surface area contributed by atoms with Gasteiger partial charge in [0.05, 0.1) is 5.82 Å². The van der Waals surface area contributed by atoms with E-state index < -0.39 is 0 Å². The fraction of sp³-hybridized carbons (Fsp3) is 0.300. The zero-order valence-electron chi connectivity index (χ0n) is 8.83. The van der Waals surface area contributed by atoms with Crippen molar-refractivity contribution in [2.75, 3.05) is 19.0 Å². The summed E-state index contributed by atoms with van der Waals surface area (Å²) in [5.74, 6) is 0.734. The van der Waals surface area contributed by atoms with Crippen LogP contribution in [0.1, 0.15) is 5.82 Å². The summed E-state index contributed by atoms with van der Waals surface area (Å²) in [5, 5.41) is 7.56. The minimum atomic E-state index is 0.660. The highest BCUT2D eigenvalue weighted by Gasteiger charge is 2.01. The van der Waals surface area contributed by atoms with Gasteiger partial charge < -0.3 is 20.1 Å². The number of nitrogens with zero attached hydrogens (tertiary/aromatic N) is 5. The van der Waals surface area contributed by atoms with Gasteiger partial charge >= 0.3 is 0 Å². The Hall–Kier alpha value is -1.91. The molecular formula is C10H13N5. The van der Waals surface area contributed by atoms with Gasteiger partial charge in [0.15, 0.2) is 18.9 Å². The largest absolute Gasteiger partial charge is 0.377 e. The van der Waals surface area contributed by atoms with Gasteiger partial charge in [0.2, 0.25) is 0 Å². The highest BCUT2D eigenvalue weighted by Crippen LogP contribution is 2.05. The first-order valence-corrected chi connectivity index (χ1v) is 4.71. The third kappa shape index (κ3) is 2.31. The Morgan fingerprint density at radius 3 is 2.60 bits per heavy atom. The van der Waals surface area contributed by atoms with Gasteiger partial charge in [-0.2, -0.15) is 0 Å². The summed E-state index contributed by atoms with van der Waals surface area (Å²) in [4.78, 5) is 6.08. The summed E-state index contributed by atoms with van der Waals surface area (Å²) in [6.07, 6.45) is 5.47. The number of hydrogen-bond donors (Lipinski definition) is 0. The van der Waals surface area contributed by atoms with Gasteiger partial charge in [0.1, 0.15) is 0 Å². The van der Waals surface area contributed by atoms with E-state index in [4.69, 9.17) is 0 Å². The zero-order chi connectivity index (χ0) is 10.7. The molecule has 0 fully saturated rings. The number of hydrogen-bond acceptors (Lipinski definition) is 3. The van der Waals surface area contributed by atoms with Crippen molar-refractivity contribution in [3.05, 3.63) is 36.7 Å². The molecule has 0 spiro atoms. The highest BCUT2D eigenvalue weighted by atomic mass is 15.2. The van der Waals surface area contributed by atoms with Gasteiger partial charge in [-0.1, -0.05) is 0 Å². The first-order chi connectivity index (χ1) is 7.25. The minimum absolute atomic E-state index is 0.660. The van der Waals surface area contributed by atoms with Crippen LogP contribution in [0.3, 0.4) is 0 Å². The maximum absolute atomic E-state index is 4.02. The van der Waals surface area contributed by atoms with Crippen molar-refractivity contribution in [1.29, 1.82) is 0 Å². The lowest BCUT2D eigenvalue weighted by molar-refractivity contribution is -0.689. The van der Waals surface area contributed by atoms with Crippen LogP contribution in [0.2, 0.25) is 0 Å². The topological polar surface area (TPSA) is 47.0 Å². The van der Waals surface area contributed by atoms with Crippen molar-refractivity contribution in [1.82, 2.24) is 15.2 Å². The highest BCUT2D eigenvalue weighted by molar-refractivity contribution is 5.41. The smallest absolute Gasteiger partial charge is 0.178 e. The Morgan fingerprint density at radius 2 is 2.07 bits per heavy atom. The van der Waals surface area contributed by atoms with Crippen LogP contribution in [0.15, 0.2) is 30.9 Å². The van der Waals surface area contributed by atoms with Crippen molar-refractivity contribution in [3.63, 3.8) is 0 Å². The van der Waals surface area contributed by atoms with Crippen LogP contribution in [0, 0.1) is 0 Å². The molecule has 0 aromatic carbocycles. The Labute approximate surface area is 88.4 Å². The molecule has 0 atom stereocenters. The molecule has 0 unspecified atom stereocenters. The van der Waals surface area contributed by atoms with Crippen LogP contribution in [-0.2, 0) is 6.54 Å². The molecule has 0 aliphatic rings. The fourth-order valence-corrected chi connectivity index (χ4v) is 1.30. The summed E-state index contributed by atoms with van der Waals surface area (Å²) in [7, 11) is 4.04. The lowest BCUT2D eigenvalue weighted by Crippen LogP contribution is -2.34. The molecule has 0 saturated heterocycles. The first-order valence-electron chi connectivity index (χ1n) is 4.71. The van der Waals surface area contributed by atoms with Crippen LogP contribution >= 0.6 is 0 Å². The summed E-state index contributed by atoms with van der Waals surface area (Å²) >= 11 is 0. The summed E-state index contributed by atoms with van der Waals surface area (Å²) in [5.41, 5.74) is 1.17. The van der Waals surface area contributed by atoms with E-state index in [9.17, 15) is 0 Å². The minimum Gasteiger partial charge on any atom is -0.377 e. The van der Waals surface area contributed by atoms with Gasteiger partial charge in [-0.25, -0.2) is 4.57 Å². The molecule has 2 rings (SSSR count). The van der Waals surface area contributed by atoms with E-state index in [2.05, 4.69) is 32.2 Å². The Morgan fingerprint density at radius 1 is 1.33 bits per heavy atom. The van der Waals surface area contributed by atoms with E-state index in [1.165, 1.54) is 12.0 Å². The van der Waals surface area contributed by atoms with Crippen molar-refractivity contribution in [2.24, 2.45) is 0 Å². The van der Waals surface area contributed by atoms with Crippen molar-refractivity contribution in [2.45, 2.75) is 6.54 Å². The maximum Gasteiger partial charge on any atom is 0.178 e. The standard InChI is InChI=1S/C10H13N5/c1-14(2)9-3-5-15(6-4-9)7-10-11-8-12-13-10/h3-6,8H,7H2,1-2H3. The van der Waals surface area contributed by atoms with Gasteiger partial charge in [-0.05, 0) is 6.33 Å². The summed E-state index contributed by atoms with van der Waals surface area (Å²) in [6.45, 7) is 0.660. The van der Waals surface area contributed by atoms with E-state index in [1.54, 1.807) is 0 Å². The van der Waals surface area contributed by atoms with Crippen LogP contribution in [0.5, 0.6) is 0 Å². The molecule has 78 valence electrons. The normalized spacial score (nSPS) is 10.3. The lowest BCUT2D eigenvalue weighted by atomic mass is 10.4. The molecule has 2 aromatic heterocycles. The lowest BCUT2D eigenvalue weighted by Gasteiger charge is -2.10. The number of anilines is 1. The quantitative estimate of drug-likeness (QED) is 0.650. The van der Waals surface area contributed by atoms with Gasteiger partial charge in [-0.15, -0.1) is 0 Å². The molecule has 2 aromatic rings. The van der Waals surface area contributed by atoms with Crippen LogP contribution in [-0.4, -0.2) is 24.3 Å². The molecule has 5 heteroatoms. The van der Waals surface area contributed by atoms with Crippen LogP contribution in [0.25, 0.3) is 0 Å². The molecule has 0 radical (unpaired) electrons. The van der Waals surface area contributed by atoms with Crippen molar-refractivity contribution < 1.29 is 4.57 Å². The molecule has 0 aliphatic heterocycles.